The Morgan fingerprint density at radius 3 is 2.40 bits per heavy atom. The van der Waals surface area contributed by atoms with Crippen LogP contribution in [-0.2, 0) is 9.53 Å². The highest BCUT2D eigenvalue weighted by Gasteiger charge is 2.15. The van der Waals surface area contributed by atoms with Crippen molar-refractivity contribution in [1.82, 2.24) is 4.90 Å². The third-order valence-electron chi connectivity index (χ3n) is 4.07. The number of hydrogen-bond donors (Lipinski definition) is 0. The second-order valence-corrected chi connectivity index (χ2v) is 6.72. The normalized spacial score (nSPS) is 15.1. The summed E-state index contributed by atoms with van der Waals surface area (Å²) in [5.74, 6) is 0.441. The molecule has 25 heavy (non-hydrogen) atoms. The van der Waals surface area contributed by atoms with Crippen molar-refractivity contribution in [3.8, 4) is 0 Å². The first kappa shape index (κ1) is 23.6. The van der Waals surface area contributed by atoms with Crippen molar-refractivity contribution < 1.29 is 9.53 Å². The summed E-state index contributed by atoms with van der Waals surface area (Å²) < 4.78 is 5.22. The summed E-state index contributed by atoms with van der Waals surface area (Å²) in [6, 6.07) is 0.567. The van der Waals surface area contributed by atoms with E-state index >= 15 is 0 Å². The third kappa shape index (κ3) is 9.64. The van der Waals surface area contributed by atoms with Crippen LogP contribution in [0.4, 0.5) is 0 Å². The fraction of sp³-hybridized carbons (Fsp3) is 0.682. The second kappa shape index (κ2) is 13.9. The van der Waals surface area contributed by atoms with E-state index in [1.807, 2.05) is 32.9 Å². The number of carbonyl (C=O) groups is 1. The van der Waals surface area contributed by atoms with Gasteiger partial charge in [-0.2, -0.15) is 0 Å². The van der Waals surface area contributed by atoms with Crippen LogP contribution in [0, 0.1) is 5.92 Å². The van der Waals surface area contributed by atoms with Gasteiger partial charge in [0, 0.05) is 19.1 Å². The van der Waals surface area contributed by atoms with Crippen molar-refractivity contribution in [2.45, 2.75) is 73.8 Å². The third-order valence-corrected chi connectivity index (χ3v) is 4.07. The van der Waals surface area contributed by atoms with Gasteiger partial charge in [-0.15, -0.1) is 0 Å². The smallest absolute Gasteiger partial charge is 0.337 e. The van der Waals surface area contributed by atoms with Crippen LogP contribution in [-0.4, -0.2) is 36.6 Å². The van der Waals surface area contributed by atoms with Crippen molar-refractivity contribution >= 4 is 5.97 Å². The van der Waals surface area contributed by atoms with E-state index in [4.69, 9.17) is 4.74 Å². The van der Waals surface area contributed by atoms with Gasteiger partial charge < -0.3 is 4.74 Å². The molecule has 0 radical (unpaired) electrons. The monoisotopic (exact) mass is 349 g/mol. The molecule has 1 unspecified atom stereocenters. The quantitative estimate of drug-likeness (QED) is 0.512. The summed E-state index contributed by atoms with van der Waals surface area (Å²) in [5, 5.41) is 0. The molecule has 0 N–H and O–H groups in total. The van der Waals surface area contributed by atoms with Gasteiger partial charge in [-0.25, -0.2) is 4.79 Å². The Morgan fingerprint density at radius 2 is 1.84 bits per heavy atom. The maximum Gasteiger partial charge on any atom is 0.337 e. The molecule has 0 spiro atoms. The Bertz CT molecular complexity index is 461. The number of rotatable bonds is 9. The van der Waals surface area contributed by atoms with Crippen molar-refractivity contribution in [3.63, 3.8) is 0 Å². The molecule has 0 aromatic carbocycles. The van der Waals surface area contributed by atoms with Crippen LogP contribution in [0.15, 0.2) is 35.5 Å². The lowest BCUT2D eigenvalue weighted by Crippen LogP contribution is -2.37. The first-order chi connectivity index (χ1) is 12.0. The average Bonchev–Trinajstić information content (AvgIpc) is 2.85. The first-order valence-corrected chi connectivity index (χ1v) is 9.96. The number of allylic oxidation sites excluding steroid dienone is 2. The standard InChI is InChI=1S/C20H33NO2.C2H6/c1-6-13-23-20(22)19-10-8-9-18(11-12-19)15-21(14-16(3)4)17(5)7-2;1-2/h9-12,16-17H,6-8,13-15H2,1-5H3;1-2H3. The molecule has 0 aromatic rings. The number of carbonyl (C=O) groups excluding carboxylic acids is 1. The van der Waals surface area contributed by atoms with Gasteiger partial charge in [-0.3, -0.25) is 4.90 Å². The molecule has 1 atom stereocenters. The molecule has 1 rings (SSSR count). The van der Waals surface area contributed by atoms with Crippen LogP contribution in [0.5, 0.6) is 0 Å². The largest absolute Gasteiger partial charge is 0.462 e. The van der Waals surface area contributed by atoms with E-state index in [0.29, 0.717) is 24.1 Å². The highest BCUT2D eigenvalue weighted by Crippen LogP contribution is 2.16. The van der Waals surface area contributed by atoms with E-state index in [-0.39, 0.29) is 5.97 Å². The van der Waals surface area contributed by atoms with Crippen LogP contribution in [0.25, 0.3) is 0 Å². The van der Waals surface area contributed by atoms with Crippen molar-refractivity contribution in [3.05, 3.63) is 35.5 Å². The van der Waals surface area contributed by atoms with Crippen LogP contribution in [0.1, 0.15) is 67.7 Å². The Labute approximate surface area is 155 Å². The summed E-state index contributed by atoms with van der Waals surface area (Å²) in [6.45, 7) is 17.6. The molecule has 1 aliphatic rings. The lowest BCUT2D eigenvalue weighted by molar-refractivity contribution is -0.138. The van der Waals surface area contributed by atoms with Crippen LogP contribution in [0.3, 0.4) is 0 Å². The minimum absolute atomic E-state index is 0.210. The van der Waals surface area contributed by atoms with E-state index in [0.717, 1.165) is 32.4 Å². The summed E-state index contributed by atoms with van der Waals surface area (Å²) in [6.07, 6.45) is 10.9. The maximum absolute atomic E-state index is 12.0. The van der Waals surface area contributed by atoms with Gasteiger partial charge in [0.15, 0.2) is 0 Å². The molecule has 1 aliphatic carbocycles. The molecule has 0 saturated heterocycles. The number of ether oxygens (including phenoxy) is 1. The minimum Gasteiger partial charge on any atom is -0.462 e. The number of nitrogens with zero attached hydrogens (tertiary/aromatic N) is 1. The van der Waals surface area contributed by atoms with E-state index < -0.39 is 0 Å². The Balaban J connectivity index is 0.00000277. The van der Waals surface area contributed by atoms with Crippen LogP contribution < -0.4 is 0 Å². The Hall–Kier alpha value is -1.35. The number of hydrogen-bond acceptors (Lipinski definition) is 3. The van der Waals surface area contributed by atoms with E-state index in [2.05, 4.69) is 44.7 Å². The van der Waals surface area contributed by atoms with E-state index in [1.165, 1.54) is 5.57 Å². The van der Waals surface area contributed by atoms with Crippen molar-refractivity contribution in [2.24, 2.45) is 5.92 Å². The predicted molar refractivity (Wildman–Crippen MR) is 109 cm³/mol. The molecule has 3 heteroatoms. The summed E-state index contributed by atoms with van der Waals surface area (Å²) in [7, 11) is 0. The lowest BCUT2D eigenvalue weighted by atomic mass is 10.1. The Kier molecular flexibility index (Phi) is 13.1. The zero-order valence-electron chi connectivity index (χ0n) is 17.5. The fourth-order valence-corrected chi connectivity index (χ4v) is 2.58. The minimum atomic E-state index is -0.210. The zero-order valence-corrected chi connectivity index (χ0v) is 17.5. The van der Waals surface area contributed by atoms with Gasteiger partial charge in [0.05, 0.1) is 12.2 Å². The molecular formula is C22H39NO2. The SMILES string of the molecule is CC.CCCOC(=O)C1=CCC=C(CN(CC(C)C)C(C)CC)C=C1. The molecule has 0 bridgehead atoms. The Morgan fingerprint density at radius 1 is 1.16 bits per heavy atom. The highest BCUT2D eigenvalue weighted by atomic mass is 16.5. The zero-order chi connectivity index (χ0) is 19.2. The highest BCUT2D eigenvalue weighted by molar-refractivity contribution is 5.91. The van der Waals surface area contributed by atoms with Gasteiger partial charge >= 0.3 is 5.97 Å². The molecular weight excluding hydrogens is 310 g/mol. The van der Waals surface area contributed by atoms with Gasteiger partial charge in [0.2, 0.25) is 0 Å². The van der Waals surface area contributed by atoms with E-state index in [1.54, 1.807) is 0 Å². The van der Waals surface area contributed by atoms with Gasteiger partial charge in [0.1, 0.15) is 0 Å². The molecule has 144 valence electrons. The molecule has 0 saturated carbocycles. The van der Waals surface area contributed by atoms with Crippen molar-refractivity contribution in [2.75, 3.05) is 19.7 Å². The summed E-state index contributed by atoms with van der Waals surface area (Å²) in [4.78, 5) is 14.5. The topological polar surface area (TPSA) is 29.5 Å². The molecule has 0 heterocycles. The summed E-state index contributed by atoms with van der Waals surface area (Å²) >= 11 is 0. The second-order valence-electron chi connectivity index (χ2n) is 6.72. The number of esters is 1. The van der Waals surface area contributed by atoms with Gasteiger partial charge in [0.25, 0.3) is 0 Å². The molecule has 0 fully saturated rings. The van der Waals surface area contributed by atoms with Crippen molar-refractivity contribution in [1.29, 1.82) is 0 Å². The molecule has 0 aromatic heterocycles. The maximum atomic E-state index is 12.0. The molecule has 0 amide bonds. The fourth-order valence-electron chi connectivity index (χ4n) is 2.58. The lowest BCUT2D eigenvalue weighted by Gasteiger charge is -2.30. The van der Waals surface area contributed by atoms with E-state index in [9.17, 15) is 4.79 Å². The molecule has 0 aliphatic heterocycles. The van der Waals surface area contributed by atoms with Gasteiger partial charge in [-0.1, -0.05) is 59.8 Å². The average molecular weight is 350 g/mol. The summed E-state index contributed by atoms with van der Waals surface area (Å²) in [5.41, 5.74) is 1.95. The van der Waals surface area contributed by atoms with Gasteiger partial charge in [-0.05, 0) is 43.8 Å². The molecule has 3 nitrogen and oxygen atoms in total. The first-order valence-electron chi connectivity index (χ1n) is 9.96. The van der Waals surface area contributed by atoms with Crippen LogP contribution >= 0.6 is 0 Å². The predicted octanol–water partition coefficient (Wildman–Crippen LogP) is 5.54. The van der Waals surface area contributed by atoms with Crippen LogP contribution in [0.2, 0.25) is 0 Å².